The third kappa shape index (κ3) is 3.58. The number of benzene rings is 2. The molecule has 0 saturated heterocycles. The van der Waals surface area contributed by atoms with Gasteiger partial charge in [-0.05, 0) is 25.1 Å². The quantitative estimate of drug-likeness (QED) is 0.604. The lowest BCUT2D eigenvalue weighted by molar-refractivity contribution is 0.0952. The van der Waals surface area contributed by atoms with Crippen LogP contribution in [0, 0.1) is 6.92 Å². The highest BCUT2D eigenvalue weighted by molar-refractivity contribution is 6.07. The van der Waals surface area contributed by atoms with Gasteiger partial charge in [0.15, 0.2) is 0 Å². The number of pyridine rings is 1. The highest BCUT2D eigenvalue weighted by atomic mass is 16.1. The van der Waals surface area contributed by atoms with Gasteiger partial charge >= 0.3 is 0 Å². The van der Waals surface area contributed by atoms with Crippen LogP contribution in [0.3, 0.4) is 0 Å². The molecule has 0 atom stereocenters. The molecule has 27 heavy (non-hydrogen) atoms. The normalized spacial score (nSPS) is 10.9. The molecule has 2 aromatic carbocycles. The second kappa shape index (κ2) is 7.03. The Hall–Kier alpha value is -3.47. The molecule has 5 heteroatoms. The molecule has 134 valence electrons. The zero-order chi connectivity index (χ0) is 18.8. The van der Waals surface area contributed by atoms with Gasteiger partial charge in [-0.25, -0.2) is 4.98 Å². The molecule has 0 radical (unpaired) electrons. The molecule has 0 saturated carbocycles. The van der Waals surface area contributed by atoms with Gasteiger partial charge in [0.1, 0.15) is 0 Å². The van der Waals surface area contributed by atoms with Crippen LogP contribution in [0.4, 0.5) is 0 Å². The van der Waals surface area contributed by atoms with E-state index in [1.54, 1.807) is 10.9 Å². The number of aryl methyl sites for hydroxylation is 2. The van der Waals surface area contributed by atoms with Crippen LogP contribution in [0.2, 0.25) is 0 Å². The van der Waals surface area contributed by atoms with Crippen molar-refractivity contribution in [1.82, 2.24) is 20.1 Å². The Morgan fingerprint density at radius 1 is 1.11 bits per heavy atom. The Morgan fingerprint density at radius 3 is 2.74 bits per heavy atom. The molecule has 0 bridgehead atoms. The molecule has 5 nitrogen and oxygen atoms in total. The number of nitrogens with one attached hydrogen (secondary N) is 1. The number of hydrogen-bond donors (Lipinski definition) is 1. The Balaban J connectivity index is 1.72. The summed E-state index contributed by atoms with van der Waals surface area (Å²) in [4.78, 5) is 17.7. The van der Waals surface area contributed by atoms with Crippen LogP contribution in [-0.4, -0.2) is 20.7 Å². The topological polar surface area (TPSA) is 59.8 Å². The van der Waals surface area contributed by atoms with Gasteiger partial charge in [0.2, 0.25) is 0 Å². The van der Waals surface area contributed by atoms with E-state index < -0.39 is 0 Å². The van der Waals surface area contributed by atoms with Crippen molar-refractivity contribution in [3.8, 4) is 11.3 Å². The largest absolute Gasteiger partial charge is 0.348 e. The number of hydrogen-bond acceptors (Lipinski definition) is 3. The molecule has 0 aliphatic carbocycles. The standard InChI is InChI=1S/C22H20N4O/c1-15-6-5-7-17(10-15)21-11-19(18-8-3-4-9-20(18)25-21)22(27)23-12-16-13-24-26(2)14-16/h3-11,13-14H,12H2,1-2H3,(H,23,27). The van der Waals surface area contributed by atoms with Crippen molar-refractivity contribution < 1.29 is 4.79 Å². The van der Waals surface area contributed by atoms with Gasteiger partial charge in [0.05, 0.1) is 23.0 Å². The summed E-state index contributed by atoms with van der Waals surface area (Å²) >= 11 is 0. The molecule has 0 aliphatic heterocycles. The Bertz CT molecular complexity index is 1130. The first-order chi connectivity index (χ1) is 13.1. The van der Waals surface area contributed by atoms with E-state index in [9.17, 15) is 4.79 Å². The maximum atomic E-state index is 12.9. The Morgan fingerprint density at radius 2 is 1.96 bits per heavy atom. The molecule has 2 aromatic heterocycles. The van der Waals surface area contributed by atoms with Crippen molar-refractivity contribution >= 4 is 16.8 Å². The number of carbonyl (C=O) groups excluding carboxylic acids is 1. The van der Waals surface area contributed by atoms with Crippen molar-refractivity contribution in [2.75, 3.05) is 0 Å². The van der Waals surface area contributed by atoms with E-state index in [4.69, 9.17) is 4.98 Å². The average Bonchev–Trinajstić information content (AvgIpc) is 3.10. The fourth-order valence-electron chi connectivity index (χ4n) is 3.16. The summed E-state index contributed by atoms with van der Waals surface area (Å²) < 4.78 is 1.72. The van der Waals surface area contributed by atoms with Crippen molar-refractivity contribution in [3.05, 3.63) is 83.7 Å². The summed E-state index contributed by atoms with van der Waals surface area (Å²) in [6.45, 7) is 2.48. The number of amides is 1. The van der Waals surface area contributed by atoms with Gasteiger partial charge < -0.3 is 5.32 Å². The maximum absolute atomic E-state index is 12.9. The molecule has 1 amide bonds. The van der Waals surface area contributed by atoms with Crippen LogP contribution in [0.1, 0.15) is 21.5 Å². The fourth-order valence-corrected chi connectivity index (χ4v) is 3.16. The molecular formula is C22H20N4O. The van der Waals surface area contributed by atoms with E-state index in [0.717, 1.165) is 33.3 Å². The maximum Gasteiger partial charge on any atom is 0.252 e. The highest BCUT2D eigenvalue weighted by Crippen LogP contribution is 2.25. The third-order valence-corrected chi connectivity index (χ3v) is 4.49. The summed E-state index contributed by atoms with van der Waals surface area (Å²) in [7, 11) is 1.86. The van der Waals surface area contributed by atoms with Crippen molar-refractivity contribution in [1.29, 1.82) is 0 Å². The highest BCUT2D eigenvalue weighted by Gasteiger charge is 2.14. The first kappa shape index (κ1) is 17.0. The molecule has 4 aromatic rings. The molecule has 1 N–H and O–H groups in total. The SMILES string of the molecule is Cc1cccc(-c2cc(C(=O)NCc3cnn(C)c3)c3ccccc3n2)c1. The summed E-state index contributed by atoms with van der Waals surface area (Å²) in [6, 6.07) is 17.7. The van der Waals surface area contributed by atoms with Gasteiger partial charge in [-0.2, -0.15) is 5.10 Å². The molecular weight excluding hydrogens is 336 g/mol. The Kier molecular flexibility index (Phi) is 4.42. The number of nitrogens with zero attached hydrogens (tertiary/aromatic N) is 3. The zero-order valence-electron chi connectivity index (χ0n) is 15.3. The van der Waals surface area contributed by atoms with E-state index in [1.165, 1.54) is 0 Å². The molecule has 0 spiro atoms. The van der Waals surface area contributed by atoms with Gasteiger partial charge in [-0.15, -0.1) is 0 Å². The van der Waals surface area contributed by atoms with E-state index >= 15 is 0 Å². The zero-order valence-corrected chi connectivity index (χ0v) is 15.3. The van der Waals surface area contributed by atoms with Crippen molar-refractivity contribution in [2.45, 2.75) is 13.5 Å². The van der Waals surface area contributed by atoms with E-state index in [2.05, 4.69) is 16.5 Å². The first-order valence-corrected chi connectivity index (χ1v) is 8.83. The summed E-state index contributed by atoms with van der Waals surface area (Å²) in [5.74, 6) is -0.119. The van der Waals surface area contributed by atoms with Crippen LogP contribution in [0.25, 0.3) is 22.2 Å². The predicted octanol–water partition coefficient (Wildman–Crippen LogP) is 3.87. The summed E-state index contributed by atoms with van der Waals surface area (Å²) in [6.07, 6.45) is 3.65. The number of rotatable bonds is 4. The molecule has 4 rings (SSSR count). The van der Waals surface area contributed by atoms with Crippen LogP contribution >= 0.6 is 0 Å². The molecule has 0 fully saturated rings. The second-order valence-corrected chi connectivity index (χ2v) is 6.65. The Labute approximate surface area is 157 Å². The van der Waals surface area contributed by atoms with Crippen molar-refractivity contribution in [3.63, 3.8) is 0 Å². The average molecular weight is 356 g/mol. The van der Waals surface area contributed by atoms with Crippen LogP contribution in [0.15, 0.2) is 67.0 Å². The summed E-state index contributed by atoms with van der Waals surface area (Å²) in [5, 5.41) is 7.97. The smallest absolute Gasteiger partial charge is 0.252 e. The van der Waals surface area contributed by atoms with Gasteiger partial charge in [0, 0.05) is 36.3 Å². The minimum Gasteiger partial charge on any atom is -0.348 e. The molecule has 0 aliphatic rings. The first-order valence-electron chi connectivity index (χ1n) is 8.83. The number of para-hydroxylation sites is 1. The lowest BCUT2D eigenvalue weighted by Gasteiger charge is -2.10. The van der Waals surface area contributed by atoms with E-state index in [1.807, 2.05) is 68.7 Å². The predicted molar refractivity (Wildman–Crippen MR) is 106 cm³/mol. The minimum atomic E-state index is -0.119. The lowest BCUT2D eigenvalue weighted by atomic mass is 10.0. The minimum absolute atomic E-state index is 0.119. The fraction of sp³-hybridized carbons (Fsp3) is 0.136. The van der Waals surface area contributed by atoms with Gasteiger partial charge in [-0.1, -0.05) is 42.0 Å². The molecule has 0 unspecified atom stereocenters. The number of aromatic nitrogens is 3. The van der Waals surface area contributed by atoms with Gasteiger partial charge in [-0.3, -0.25) is 9.48 Å². The third-order valence-electron chi connectivity index (χ3n) is 4.49. The molecule has 2 heterocycles. The van der Waals surface area contributed by atoms with Crippen molar-refractivity contribution in [2.24, 2.45) is 7.05 Å². The van der Waals surface area contributed by atoms with Crippen LogP contribution < -0.4 is 5.32 Å². The lowest BCUT2D eigenvalue weighted by Crippen LogP contribution is -2.23. The monoisotopic (exact) mass is 356 g/mol. The number of carbonyl (C=O) groups is 1. The van der Waals surface area contributed by atoms with E-state index in [-0.39, 0.29) is 5.91 Å². The van der Waals surface area contributed by atoms with Gasteiger partial charge in [0.25, 0.3) is 5.91 Å². The second-order valence-electron chi connectivity index (χ2n) is 6.65. The number of fused-ring (bicyclic) bond motifs is 1. The van der Waals surface area contributed by atoms with Crippen LogP contribution in [-0.2, 0) is 13.6 Å². The van der Waals surface area contributed by atoms with Crippen LogP contribution in [0.5, 0.6) is 0 Å². The summed E-state index contributed by atoms with van der Waals surface area (Å²) in [5.41, 5.74) is 5.35. The van der Waals surface area contributed by atoms with E-state index in [0.29, 0.717) is 12.1 Å².